The molecule has 0 aliphatic heterocycles. The summed E-state index contributed by atoms with van der Waals surface area (Å²) >= 11 is 5.77. The number of benzene rings is 1. The zero-order chi connectivity index (χ0) is 18.3. The number of hydrogen-bond acceptors (Lipinski definition) is 5. The first-order chi connectivity index (χ1) is 12.5. The van der Waals surface area contributed by atoms with Crippen molar-refractivity contribution in [3.8, 4) is 5.82 Å². The van der Waals surface area contributed by atoms with Crippen molar-refractivity contribution in [3.05, 3.63) is 65.5 Å². The molecule has 0 saturated heterocycles. The van der Waals surface area contributed by atoms with Crippen molar-refractivity contribution >= 4 is 34.1 Å². The molecule has 1 aromatic carbocycles. The number of nitrogens with zero attached hydrogens (tertiary/aromatic N) is 5. The molecule has 9 heteroatoms. The van der Waals surface area contributed by atoms with Gasteiger partial charge in [-0.05, 0) is 19.1 Å². The summed E-state index contributed by atoms with van der Waals surface area (Å²) in [6, 6.07) is 5.55. The van der Waals surface area contributed by atoms with Gasteiger partial charge in [0.1, 0.15) is 11.0 Å². The van der Waals surface area contributed by atoms with E-state index in [0.29, 0.717) is 39.3 Å². The van der Waals surface area contributed by atoms with Gasteiger partial charge in [-0.2, -0.15) is 0 Å². The van der Waals surface area contributed by atoms with Crippen molar-refractivity contribution in [1.82, 2.24) is 24.5 Å². The van der Waals surface area contributed by atoms with Crippen LogP contribution in [0.25, 0.3) is 16.9 Å². The first kappa shape index (κ1) is 16.3. The number of rotatable bonds is 3. The number of halogens is 3. The average molecular weight is 373 g/mol. The van der Waals surface area contributed by atoms with Crippen molar-refractivity contribution in [1.29, 1.82) is 0 Å². The molecule has 3 heterocycles. The van der Waals surface area contributed by atoms with Gasteiger partial charge in [-0.25, -0.2) is 23.7 Å². The summed E-state index contributed by atoms with van der Waals surface area (Å²) in [7, 11) is 0. The molecule has 0 aliphatic rings. The third-order valence-electron chi connectivity index (χ3n) is 3.71. The fourth-order valence-electron chi connectivity index (χ4n) is 2.60. The molecule has 130 valence electrons. The summed E-state index contributed by atoms with van der Waals surface area (Å²) in [6.07, 6.45) is 4.61. The molecule has 0 amide bonds. The fourth-order valence-corrected chi connectivity index (χ4v) is 2.72. The zero-order valence-corrected chi connectivity index (χ0v) is 14.2. The molecule has 0 saturated carbocycles. The largest absolute Gasteiger partial charge is 0.338 e. The van der Waals surface area contributed by atoms with Crippen LogP contribution in [-0.4, -0.2) is 24.5 Å². The minimum atomic E-state index is -0.951. The number of pyridine rings is 1. The molecule has 4 rings (SSSR count). The Morgan fingerprint density at radius 3 is 2.62 bits per heavy atom. The lowest BCUT2D eigenvalue weighted by atomic mass is 10.3. The van der Waals surface area contributed by atoms with E-state index < -0.39 is 11.6 Å². The molecule has 4 aromatic rings. The molecule has 3 aromatic heterocycles. The summed E-state index contributed by atoms with van der Waals surface area (Å²) in [6.45, 7) is 1.72. The van der Waals surface area contributed by atoms with E-state index in [1.54, 1.807) is 29.8 Å². The SMILES string of the molecule is Cc1nc2cc(F)c(F)cc2n1-c1cncc(Nc2ccc(Cl)nc2)n1. The first-order valence-electron chi connectivity index (χ1n) is 7.56. The van der Waals surface area contributed by atoms with E-state index in [1.165, 1.54) is 12.4 Å². The maximum absolute atomic E-state index is 13.7. The smallest absolute Gasteiger partial charge is 0.161 e. The molecule has 0 bridgehead atoms. The van der Waals surface area contributed by atoms with E-state index >= 15 is 0 Å². The molecule has 26 heavy (non-hydrogen) atoms. The van der Waals surface area contributed by atoms with Gasteiger partial charge in [0.25, 0.3) is 0 Å². The van der Waals surface area contributed by atoms with Crippen LogP contribution in [0.15, 0.2) is 42.9 Å². The number of anilines is 2. The van der Waals surface area contributed by atoms with E-state index in [0.717, 1.165) is 12.1 Å². The summed E-state index contributed by atoms with van der Waals surface area (Å²) in [5.74, 6) is -0.491. The Bertz CT molecular complexity index is 1110. The number of fused-ring (bicyclic) bond motifs is 1. The Morgan fingerprint density at radius 2 is 1.85 bits per heavy atom. The van der Waals surface area contributed by atoms with Crippen LogP contribution in [0.2, 0.25) is 5.15 Å². The van der Waals surface area contributed by atoms with Crippen molar-refractivity contribution in [2.24, 2.45) is 0 Å². The summed E-state index contributed by atoms with van der Waals surface area (Å²) < 4.78 is 28.7. The third-order valence-corrected chi connectivity index (χ3v) is 3.94. The van der Waals surface area contributed by atoms with Gasteiger partial charge in [0, 0.05) is 12.1 Å². The van der Waals surface area contributed by atoms with Crippen LogP contribution >= 0.6 is 11.6 Å². The van der Waals surface area contributed by atoms with Crippen LogP contribution in [0, 0.1) is 18.6 Å². The second-order valence-corrected chi connectivity index (χ2v) is 5.89. The number of hydrogen-bond donors (Lipinski definition) is 1. The van der Waals surface area contributed by atoms with Crippen molar-refractivity contribution < 1.29 is 8.78 Å². The van der Waals surface area contributed by atoms with Crippen LogP contribution in [0.3, 0.4) is 0 Å². The Labute approximate surface area is 151 Å². The number of aromatic nitrogens is 5. The molecule has 0 radical (unpaired) electrons. The Hall–Kier alpha value is -3.13. The summed E-state index contributed by atoms with van der Waals surface area (Å²) in [5.41, 5.74) is 1.42. The van der Waals surface area contributed by atoms with Gasteiger partial charge < -0.3 is 5.32 Å². The van der Waals surface area contributed by atoms with Gasteiger partial charge in [-0.3, -0.25) is 9.55 Å². The molecule has 0 aliphatic carbocycles. The van der Waals surface area contributed by atoms with Crippen LogP contribution in [-0.2, 0) is 0 Å². The number of imidazole rings is 1. The van der Waals surface area contributed by atoms with Gasteiger partial charge in [0.15, 0.2) is 23.3 Å². The van der Waals surface area contributed by atoms with Gasteiger partial charge in [0.05, 0.1) is 35.3 Å². The van der Waals surface area contributed by atoms with E-state index in [2.05, 4.69) is 25.3 Å². The van der Waals surface area contributed by atoms with Gasteiger partial charge in [-0.15, -0.1) is 0 Å². The Balaban J connectivity index is 1.77. The highest BCUT2D eigenvalue weighted by molar-refractivity contribution is 6.29. The molecule has 0 spiro atoms. The number of nitrogens with one attached hydrogen (secondary N) is 1. The normalized spacial score (nSPS) is 11.1. The van der Waals surface area contributed by atoms with E-state index in [4.69, 9.17) is 11.6 Å². The Kier molecular flexibility index (Phi) is 3.96. The topological polar surface area (TPSA) is 68.5 Å². The van der Waals surface area contributed by atoms with E-state index in [-0.39, 0.29) is 0 Å². The minimum absolute atomic E-state index is 0.337. The molecular formula is C17H11ClF2N6. The quantitative estimate of drug-likeness (QED) is 0.546. The number of aryl methyl sites for hydroxylation is 1. The highest BCUT2D eigenvalue weighted by Gasteiger charge is 2.15. The van der Waals surface area contributed by atoms with E-state index in [9.17, 15) is 8.78 Å². The average Bonchev–Trinajstić information content (AvgIpc) is 2.92. The maximum Gasteiger partial charge on any atom is 0.161 e. The monoisotopic (exact) mass is 372 g/mol. The molecular weight excluding hydrogens is 362 g/mol. The summed E-state index contributed by atoms with van der Waals surface area (Å²) in [5, 5.41) is 3.44. The van der Waals surface area contributed by atoms with Gasteiger partial charge in [0.2, 0.25) is 0 Å². The van der Waals surface area contributed by atoms with Crippen LogP contribution in [0.1, 0.15) is 5.82 Å². The lowest BCUT2D eigenvalue weighted by Gasteiger charge is -2.09. The predicted molar refractivity (Wildman–Crippen MR) is 93.8 cm³/mol. The van der Waals surface area contributed by atoms with Gasteiger partial charge >= 0.3 is 0 Å². The highest BCUT2D eigenvalue weighted by Crippen LogP contribution is 2.23. The molecule has 0 unspecified atom stereocenters. The van der Waals surface area contributed by atoms with Gasteiger partial charge in [-0.1, -0.05) is 11.6 Å². The fraction of sp³-hybridized carbons (Fsp3) is 0.0588. The zero-order valence-electron chi connectivity index (χ0n) is 13.4. The van der Waals surface area contributed by atoms with Crippen molar-refractivity contribution in [3.63, 3.8) is 0 Å². The second kappa shape index (κ2) is 6.30. The Morgan fingerprint density at radius 1 is 1.04 bits per heavy atom. The molecule has 0 fully saturated rings. The minimum Gasteiger partial charge on any atom is -0.338 e. The lowest BCUT2D eigenvalue weighted by molar-refractivity contribution is 0.510. The first-order valence-corrected chi connectivity index (χ1v) is 7.94. The van der Waals surface area contributed by atoms with Crippen molar-refractivity contribution in [2.45, 2.75) is 6.92 Å². The molecule has 0 atom stereocenters. The molecule has 6 nitrogen and oxygen atoms in total. The second-order valence-electron chi connectivity index (χ2n) is 5.51. The van der Waals surface area contributed by atoms with Crippen molar-refractivity contribution in [2.75, 3.05) is 5.32 Å². The maximum atomic E-state index is 13.7. The van der Waals surface area contributed by atoms with Crippen LogP contribution < -0.4 is 5.32 Å². The lowest BCUT2D eigenvalue weighted by Crippen LogP contribution is -2.04. The standard InChI is InChI=1S/C17H11ClF2N6/c1-9-23-13-4-11(19)12(20)5-14(13)26(9)17-8-21-7-16(25-17)24-10-2-3-15(18)22-6-10/h2-8H,1H3,(H,24,25). The molecule has 1 N–H and O–H groups in total. The summed E-state index contributed by atoms with van der Waals surface area (Å²) in [4.78, 5) is 16.9. The third kappa shape index (κ3) is 2.95. The van der Waals surface area contributed by atoms with Crippen LogP contribution in [0.4, 0.5) is 20.3 Å². The predicted octanol–water partition coefficient (Wildman–Crippen LogP) is 4.19. The van der Waals surface area contributed by atoms with E-state index in [1.807, 2.05) is 0 Å². The van der Waals surface area contributed by atoms with Crippen LogP contribution in [0.5, 0.6) is 0 Å². The highest BCUT2D eigenvalue weighted by atomic mass is 35.5.